The number of carbonyl (C=O) groups is 1. The molecule has 0 saturated carbocycles. The molecule has 5 nitrogen and oxygen atoms in total. The van der Waals surface area contributed by atoms with Crippen LogP contribution in [0, 0.1) is 0 Å². The van der Waals surface area contributed by atoms with Crippen molar-refractivity contribution in [3.05, 3.63) is 18.2 Å². The molecule has 0 heterocycles. The summed E-state index contributed by atoms with van der Waals surface area (Å²) in [6, 6.07) is 5.10. The summed E-state index contributed by atoms with van der Waals surface area (Å²) in [5, 5.41) is 0. The second kappa shape index (κ2) is 6.85. The number of nitrogens with two attached hydrogens (primary N) is 1. The first-order chi connectivity index (χ1) is 8.17. The summed E-state index contributed by atoms with van der Waals surface area (Å²) in [5.74, 6) is 0.667. The number of nitrogen functional groups attached to an aromatic ring is 1. The highest BCUT2D eigenvalue weighted by molar-refractivity contribution is 6.13. The molecule has 0 atom stereocenters. The van der Waals surface area contributed by atoms with Crippen molar-refractivity contribution in [1.82, 2.24) is 0 Å². The summed E-state index contributed by atoms with van der Waals surface area (Å²) in [4.78, 5) is 10.7. The van der Waals surface area contributed by atoms with Crippen molar-refractivity contribution in [1.29, 1.82) is 0 Å². The maximum atomic E-state index is 10.7. The third kappa shape index (κ3) is 4.40. The maximum absolute atomic E-state index is 10.7. The summed E-state index contributed by atoms with van der Waals surface area (Å²) in [7, 11) is 1.54. The van der Waals surface area contributed by atoms with E-state index in [4.69, 9.17) is 27.1 Å². The molecule has 1 rings (SSSR count). The second-order valence-corrected chi connectivity index (χ2v) is 3.47. The molecule has 0 fully saturated rings. The lowest BCUT2D eigenvalue weighted by Crippen LogP contribution is -2.04. The van der Waals surface area contributed by atoms with Gasteiger partial charge in [0.1, 0.15) is 11.9 Å². The molecule has 1 aromatic carbocycles. The van der Waals surface area contributed by atoms with Crippen molar-refractivity contribution in [2.75, 3.05) is 19.5 Å². The molecule has 2 N–H and O–H groups in total. The zero-order valence-corrected chi connectivity index (χ0v) is 10.2. The van der Waals surface area contributed by atoms with Gasteiger partial charge in [0, 0.05) is 11.8 Å². The molecule has 6 heteroatoms. The molecular formula is C11H14ClNO4. The van der Waals surface area contributed by atoms with Crippen LogP contribution in [-0.2, 0) is 9.08 Å². The second-order valence-electron chi connectivity index (χ2n) is 3.31. The maximum Gasteiger partial charge on any atom is 0.324 e. The van der Waals surface area contributed by atoms with Gasteiger partial charge in [-0.2, -0.15) is 0 Å². The van der Waals surface area contributed by atoms with Crippen molar-refractivity contribution in [2.45, 2.75) is 12.8 Å². The van der Waals surface area contributed by atoms with Gasteiger partial charge in [-0.3, -0.25) is 4.79 Å². The Labute approximate surface area is 105 Å². The largest absolute Gasteiger partial charge is 0.493 e. The Morgan fingerprint density at radius 3 is 2.82 bits per heavy atom. The first-order valence-corrected chi connectivity index (χ1v) is 5.36. The molecule has 0 unspecified atom stereocenters. The van der Waals surface area contributed by atoms with E-state index in [1.165, 1.54) is 0 Å². The Hall–Kier alpha value is -1.62. The van der Waals surface area contributed by atoms with Gasteiger partial charge >= 0.3 is 5.97 Å². The predicted molar refractivity (Wildman–Crippen MR) is 64.1 cm³/mol. The zero-order valence-electron chi connectivity index (χ0n) is 9.44. The molecule has 0 spiro atoms. The topological polar surface area (TPSA) is 70.8 Å². The predicted octanol–water partition coefficient (Wildman–Crippen LogP) is 2.13. The van der Waals surface area contributed by atoms with Crippen molar-refractivity contribution >= 4 is 23.5 Å². The molecule has 0 amide bonds. The summed E-state index contributed by atoms with van der Waals surface area (Å²) in [6.07, 6.45) is 0.706. The van der Waals surface area contributed by atoms with Gasteiger partial charge < -0.3 is 19.5 Å². The average molecular weight is 260 g/mol. The Morgan fingerprint density at radius 1 is 1.41 bits per heavy atom. The Kier molecular flexibility index (Phi) is 5.42. The number of rotatable bonds is 6. The van der Waals surface area contributed by atoms with Gasteiger partial charge in [-0.15, -0.1) is 0 Å². The van der Waals surface area contributed by atoms with Gasteiger partial charge in [-0.25, -0.2) is 0 Å². The van der Waals surface area contributed by atoms with Crippen LogP contribution in [0.2, 0.25) is 0 Å². The summed E-state index contributed by atoms with van der Waals surface area (Å²) in [6.45, 7) is 0.353. The number of methoxy groups -OCH3 is 1. The van der Waals surface area contributed by atoms with Crippen molar-refractivity contribution in [3.63, 3.8) is 0 Å². The van der Waals surface area contributed by atoms with E-state index in [1.807, 2.05) is 0 Å². The van der Waals surface area contributed by atoms with Crippen LogP contribution in [0.5, 0.6) is 11.5 Å². The fraction of sp³-hybridized carbons (Fsp3) is 0.364. The van der Waals surface area contributed by atoms with Crippen LogP contribution < -0.4 is 15.2 Å². The third-order valence-electron chi connectivity index (χ3n) is 2.06. The number of halogens is 1. The Balaban J connectivity index is 2.45. The van der Waals surface area contributed by atoms with E-state index < -0.39 is 5.97 Å². The first kappa shape index (κ1) is 13.4. The zero-order chi connectivity index (χ0) is 12.7. The average Bonchev–Trinajstić information content (AvgIpc) is 2.34. The van der Waals surface area contributed by atoms with E-state index in [0.717, 1.165) is 0 Å². The molecular weight excluding hydrogens is 246 g/mol. The molecule has 0 aliphatic rings. The van der Waals surface area contributed by atoms with E-state index >= 15 is 0 Å². The van der Waals surface area contributed by atoms with Crippen molar-refractivity contribution in [2.24, 2.45) is 0 Å². The van der Waals surface area contributed by atoms with Gasteiger partial charge in [-0.1, -0.05) is 0 Å². The smallest absolute Gasteiger partial charge is 0.324 e. The molecule has 0 aliphatic carbocycles. The molecule has 0 saturated heterocycles. The lowest BCUT2D eigenvalue weighted by Gasteiger charge is -2.10. The number of hydrogen-bond acceptors (Lipinski definition) is 5. The van der Waals surface area contributed by atoms with Crippen LogP contribution in [0.15, 0.2) is 18.2 Å². The fourth-order valence-corrected chi connectivity index (χ4v) is 1.32. The highest BCUT2D eigenvalue weighted by Gasteiger charge is 2.06. The molecule has 0 aromatic heterocycles. The van der Waals surface area contributed by atoms with Crippen molar-refractivity contribution in [3.8, 4) is 11.5 Å². The summed E-state index contributed by atoms with van der Waals surface area (Å²) in [5.41, 5.74) is 6.21. The lowest BCUT2D eigenvalue weighted by molar-refractivity contribution is -0.134. The van der Waals surface area contributed by atoms with Crippen LogP contribution in [0.3, 0.4) is 0 Å². The Bertz CT molecular complexity index is 384. The van der Waals surface area contributed by atoms with E-state index in [0.29, 0.717) is 30.2 Å². The highest BCUT2D eigenvalue weighted by atomic mass is 35.5. The van der Waals surface area contributed by atoms with Gasteiger partial charge in [0.2, 0.25) is 0 Å². The SMILES string of the molecule is COc1ccc(N)cc1OCCCC(=O)OCl. The number of ether oxygens (including phenoxy) is 2. The van der Waals surface area contributed by atoms with Gasteiger partial charge in [0.05, 0.1) is 20.1 Å². The first-order valence-electron chi connectivity index (χ1n) is 5.05. The minimum atomic E-state index is -0.477. The van der Waals surface area contributed by atoms with E-state index in [2.05, 4.69) is 4.29 Å². The number of benzene rings is 1. The van der Waals surface area contributed by atoms with Crippen LogP contribution in [0.4, 0.5) is 5.69 Å². The molecule has 94 valence electrons. The van der Waals surface area contributed by atoms with Gasteiger partial charge in [0.15, 0.2) is 11.5 Å². The highest BCUT2D eigenvalue weighted by Crippen LogP contribution is 2.29. The minimum absolute atomic E-state index is 0.203. The number of hydrogen-bond donors (Lipinski definition) is 1. The quantitative estimate of drug-likeness (QED) is 0.626. The summed E-state index contributed by atoms with van der Waals surface area (Å²) < 4.78 is 14.6. The Morgan fingerprint density at radius 2 is 2.18 bits per heavy atom. The van der Waals surface area contributed by atoms with E-state index in [-0.39, 0.29) is 6.42 Å². The normalized spacial score (nSPS) is 9.76. The number of anilines is 1. The fourth-order valence-electron chi connectivity index (χ4n) is 1.24. The monoisotopic (exact) mass is 259 g/mol. The standard InChI is InChI=1S/C11H14ClNO4/c1-15-9-5-4-8(13)7-10(9)16-6-2-3-11(14)17-12/h4-5,7H,2-3,6,13H2,1H3. The van der Waals surface area contributed by atoms with Crippen molar-refractivity contribution < 1.29 is 18.6 Å². The van der Waals surface area contributed by atoms with Crippen LogP contribution in [0.25, 0.3) is 0 Å². The molecule has 0 bridgehead atoms. The summed E-state index contributed by atoms with van der Waals surface area (Å²) >= 11 is 4.89. The van der Waals surface area contributed by atoms with Gasteiger partial charge in [-0.05, 0) is 18.6 Å². The molecule has 1 aromatic rings. The van der Waals surface area contributed by atoms with E-state index in [1.54, 1.807) is 25.3 Å². The molecule has 0 radical (unpaired) electrons. The minimum Gasteiger partial charge on any atom is -0.493 e. The third-order valence-corrected chi connectivity index (χ3v) is 2.23. The van der Waals surface area contributed by atoms with Crippen LogP contribution in [-0.4, -0.2) is 19.7 Å². The van der Waals surface area contributed by atoms with Gasteiger partial charge in [0.25, 0.3) is 0 Å². The number of carbonyl (C=O) groups excluding carboxylic acids is 1. The van der Waals surface area contributed by atoms with E-state index in [9.17, 15) is 4.79 Å². The van der Waals surface area contributed by atoms with Crippen LogP contribution >= 0.6 is 11.9 Å². The lowest BCUT2D eigenvalue weighted by atomic mass is 10.3. The van der Waals surface area contributed by atoms with Crippen LogP contribution in [0.1, 0.15) is 12.8 Å². The molecule has 17 heavy (non-hydrogen) atoms. The molecule has 0 aliphatic heterocycles.